The molecule has 28 heavy (non-hydrogen) atoms. The summed E-state index contributed by atoms with van der Waals surface area (Å²) in [6.45, 7) is 6.82. The summed E-state index contributed by atoms with van der Waals surface area (Å²) in [4.78, 5) is 12.5. The van der Waals surface area contributed by atoms with Crippen molar-refractivity contribution < 1.29 is 14.6 Å². The minimum atomic E-state index is -0.140. The third kappa shape index (κ3) is 5.38. The van der Waals surface area contributed by atoms with Crippen LogP contribution in [0.15, 0.2) is 36.4 Å². The minimum Gasteiger partial charge on any atom is -0.507 e. The number of allylic oxidation sites excluding steroid dienone is 1. The molecule has 0 atom stereocenters. The van der Waals surface area contributed by atoms with E-state index in [1.54, 1.807) is 30.3 Å². The molecule has 0 bridgehead atoms. The summed E-state index contributed by atoms with van der Waals surface area (Å²) in [5.74, 6) is 0.746. The fourth-order valence-corrected chi connectivity index (χ4v) is 3.14. The second-order valence-electron chi connectivity index (χ2n) is 6.95. The number of hydrogen-bond donors (Lipinski definition) is 2. The molecule has 0 heterocycles. The zero-order chi connectivity index (χ0) is 20.5. The number of carbonyl (C=O) groups excluding carboxylic acids is 1. The van der Waals surface area contributed by atoms with E-state index in [2.05, 4.69) is 13.8 Å². The molecule has 0 spiro atoms. The third-order valence-corrected chi connectivity index (χ3v) is 4.53. The standard InChI is InChI=1S/C24H31NO3/c1-4-7-18-16-19(8-5-2)24(28-15-6-3)21(23(18)27)13-14-22(26)17-9-11-20(25)12-10-17/h9-14,16,27H,4-8,15,25H2,1-3H3/b14-13+. The highest BCUT2D eigenvalue weighted by molar-refractivity contribution is 6.07. The van der Waals surface area contributed by atoms with E-state index in [-0.39, 0.29) is 11.5 Å². The number of anilines is 1. The molecular formula is C24H31NO3. The molecule has 2 aromatic rings. The first kappa shape index (κ1) is 21.5. The number of benzene rings is 2. The molecule has 0 radical (unpaired) electrons. The topological polar surface area (TPSA) is 72.5 Å². The van der Waals surface area contributed by atoms with Gasteiger partial charge in [-0.05, 0) is 72.9 Å². The zero-order valence-electron chi connectivity index (χ0n) is 17.1. The average molecular weight is 382 g/mol. The Balaban J connectivity index is 2.48. The monoisotopic (exact) mass is 381 g/mol. The number of carbonyl (C=O) groups is 1. The summed E-state index contributed by atoms with van der Waals surface area (Å²) in [5, 5.41) is 10.9. The normalized spacial score (nSPS) is 11.1. The molecule has 0 aliphatic carbocycles. The molecule has 3 N–H and O–H groups in total. The highest BCUT2D eigenvalue weighted by Crippen LogP contribution is 2.38. The molecule has 0 fully saturated rings. The molecule has 0 amide bonds. The van der Waals surface area contributed by atoms with Gasteiger partial charge in [-0.2, -0.15) is 0 Å². The van der Waals surface area contributed by atoms with Crippen molar-refractivity contribution in [1.29, 1.82) is 0 Å². The van der Waals surface area contributed by atoms with Crippen molar-refractivity contribution in [3.8, 4) is 11.5 Å². The Bertz CT molecular complexity index is 823. The summed E-state index contributed by atoms with van der Waals surface area (Å²) in [6.07, 6.45) is 7.60. The number of nitrogens with two attached hydrogens (primary N) is 1. The van der Waals surface area contributed by atoms with E-state index in [0.717, 1.165) is 43.2 Å². The first-order chi connectivity index (χ1) is 13.5. The number of ether oxygens (including phenoxy) is 1. The predicted molar refractivity (Wildman–Crippen MR) is 116 cm³/mol. The predicted octanol–water partition coefficient (Wildman–Crippen LogP) is 5.56. The smallest absolute Gasteiger partial charge is 0.185 e. The first-order valence-electron chi connectivity index (χ1n) is 10.1. The maximum Gasteiger partial charge on any atom is 0.185 e. The van der Waals surface area contributed by atoms with Gasteiger partial charge in [0.2, 0.25) is 0 Å². The number of nitrogen functional groups attached to an aromatic ring is 1. The Morgan fingerprint density at radius 1 is 1.04 bits per heavy atom. The Hall–Kier alpha value is -2.75. The lowest BCUT2D eigenvalue weighted by atomic mass is 9.96. The fraction of sp³-hybridized carbons (Fsp3) is 0.375. The molecule has 0 saturated carbocycles. The van der Waals surface area contributed by atoms with Gasteiger partial charge in [-0.25, -0.2) is 0 Å². The SMILES string of the molecule is CCCOc1c(CCC)cc(CCC)c(O)c1/C=C/C(=O)c1ccc(N)cc1. The van der Waals surface area contributed by atoms with E-state index in [1.165, 1.54) is 6.08 Å². The quantitative estimate of drug-likeness (QED) is 0.321. The van der Waals surface area contributed by atoms with Gasteiger partial charge in [0, 0.05) is 11.3 Å². The number of phenolic OH excluding ortho intramolecular Hbond substituents is 1. The van der Waals surface area contributed by atoms with E-state index >= 15 is 0 Å². The van der Waals surface area contributed by atoms with Gasteiger partial charge in [-0.3, -0.25) is 4.79 Å². The largest absolute Gasteiger partial charge is 0.507 e. The summed E-state index contributed by atoms with van der Waals surface area (Å²) in [5.41, 5.74) is 9.43. The van der Waals surface area contributed by atoms with Crippen LogP contribution in [0.25, 0.3) is 6.08 Å². The van der Waals surface area contributed by atoms with Gasteiger partial charge < -0.3 is 15.6 Å². The molecule has 2 rings (SSSR count). The van der Waals surface area contributed by atoms with Crippen LogP contribution in [0.4, 0.5) is 5.69 Å². The number of rotatable bonds is 10. The van der Waals surface area contributed by atoms with Gasteiger partial charge in [0.15, 0.2) is 5.78 Å². The van der Waals surface area contributed by atoms with Crippen molar-refractivity contribution in [2.24, 2.45) is 0 Å². The van der Waals surface area contributed by atoms with Crippen molar-refractivity contribution in [3.63, 3.8) is 0 Å². The van der Waals surface area contributed by atoms with Gasteiger partial charge in [0.1, 0.15) is 11.5 Å². The van der Waals surface area contributed by atoms with E-state index in [4.69, 9.17) is 10.5 Å². The van der Waals surface area contributed by atoms with Crippen molar-refractivity contribution in [2.75, 3.05) is 12.3 Å². The number of hydrogen-bond acceptors (Lipinski definition) is 4. The molecule has 0 aromatic heterocycles. The van der Waals surface area contributed by atoms with E-state index in [0.29, 0.717) is 29.2 Å². The van der Waals surface area contributed by atoms with Crippen LogP contribution in [0, 0.1) is 0 Å². The van der Waals surface area contributed by atoms with Crippen LogP contribution < -0.4 is 10.5 Å². The van der Waals surface area contributed by atoms with Crippen molar-refractivity contribution in [3.05, 3.63) is 58.7 Å². The van der Waals surface area contributed by atoms with Gasteiger partial charge in [-0.1, -0.05) is 33.6 Å². The van der Waals surface area contributed by atoms with E-state index in [1.807, 2.05) is 13.0 Å². The van der Waals surface area contributed by atoms with Gasteiger partial charge >= 0.3 is 0 Å². The number of aryl methyl sites for hydroxylation is 2. The lowest BCUT2D eigenvalue weighted by Gasteiger charge is -2.18. The fourth-order valence-electron chi connectivity index (χ4n) is 3.14. The zero-order valence-corrected chi connectivity index (χ0v) is 17.1. The highest BCUT2D eigenvalue weighted by atomic mass is 16.5. The third-order valence-electron chi connectivity index (χ3n) is 4.53. The first-order valence-corrected chi connectivity index (χ1v) is 10.1. The van der Waals surface area contributed by atoms with Crippen LogP contribution in [0.2, 0.25) is 0 Å². The maximum atomic E-state index is 12.5. The van der Waals surface area contributed by atoms with E-state index < -0.39 is 0 Å². The van der Waals surface area contributed by atoms with Gasteiger partial charge in [-0.15, -0.1) is 0 Å². The van der Waals surface area contributed by atoms with E-state index in [9.17, 15) is 9.90 Å². The van der Waals surface area contributed by atoms with Crippen LogP contribution in [0.3, 0.4) is 0 Å². The lowest BCUT2D eigenvalue weighted by molar-refractivity contribution is 0.104. The highest BCUT2D eigenvalue weighted by Gasteiger charge is 2.17. The summed E-state index contributed by atoms with van der Waals surface area (Å²) < 4.78 is 6.00. The molecule has 0 saturated heterocycles. The Morgan fingerprint density at radius 3 is 2.29 bits per heavy atom. The molecule has 2 aromatic carbocycles. The average Bonchev–Trinajstić information content (AvgIpc) is 2.69. The Morgan fingerprint density at radius 2 is 1.68 bits per heavy atom. The summed E-state index contributed by atoms with van der Waals surface area (Å²) in [6, 6.07) is 8.86. The van der Waals surface area contributed by atoms with Crippen molar-refractivity contribution >= 4 is 17.5 Å². The van der Waals surface area contributed by atoms with Crippen LogP contribution in [0.1, 0.15) is 67.1 Å². The molecule has 150 valence electrons. The maximum absolute atomic E-state index is 12.5. The lowest BCUT2D eigenvalue weighted by Crippen LogP contribution is -2.04. The number of aromatic hydroxyl groups is 1. The second kappa shape index (κ2) is 10.5. The number of phenols is 1. The van der Waals surface area contributed by atoms with Crippen LogP contribution >= 0.6 is 0 Å². The number of ketones is 1. The molecule has 0 aliphatic heterocycles. The van der Waals surface area contributed by atoms with Crippen LogP contribution in [-0.2, 0) is 12.8 Å². The Kier molecular flexibility index (Phi) is 8.12. The minimum absolute atomic E-state index is 0.140. The van der Waals surface area contributed by atoms with Crippen LogP contribution in [-0.4, -0.2) is 17.5 Å². The van der Waals surface area contributed by atoms with Gasteiger partial charge in [0.25, 0.3) is 0 Å². The molecular weight excluding hydrogens is 350 g/mol. The summed E-state index contributed by atoms with van der Waals surface area (Å²) in [7, 11) is 0. The van der Waals surface area contributed by atoms with Crippen LogP contribution in [0.5, 0.6) is 11.5 Å². The van der Waals surface area contributed by atoms with Gasteiger partial charge in [0.05, 0.1) is 12.2 Å². The summed E-state index contributed by atoms with van der Waals surface area (Å²) >= 11 is 0. The Labute approximate surface area is 168 Å². The second-order valence-corrected chi connectivity index (χ2v) is 6.95. The molecule has 0 unspecified atom stereocenters. The molecule has 4 nitrogen and oxygen atoms in total. The van der Waals surface area contributed by atoms with Crippen molar-refractivity contribution in [1.82, 2.24) is 0 Å². The molecule has 4 heteroatoms. The van der Waals surface area contributed by atoms with Crippen molar-refractivity contribution in [2.45, 2.75) is 52.9 Å². The molecule has 0 aliphatic rings.